The van der Waals surface area contributed by atoms with Gasteiger partial charge in [-0.3, -0.25) is 0 Å². The molecule has 0 bridgehead atoms. The lowest BCUT2D eigenvalue weighted by molar-refractivity contribution is 0.0601. The molecule has 3 rings (SSSR count). The molecule has 3 aliphatic carbocycles. The fourth-order valence-corrected chi connectivity index (χ4v) is 8.26. The first-order valence-corrected chi connectivity index (χ1v) is 16.1. The zero-order chi connectivity index (χ0) is 24.1. The summed E-state index contributed by atoms with van der Waals surface area (Å²) in [7, 11) is 0. The standard InChI is InChI=1S/C33H59N/c1-3-5-7-9-10-12-14-29-17-21-32(22-18-29)33(27-34)25-23-31(24-26-33)30-19-15-28(16-20-30)13-11-8-6-4-2/h28-32H,3-26H2,1-2H3. The second-order valence-electron chi connectivity index (χ2n) is 13.0. The van der Waals surface area contributed by atoms with E-state index >= 15 is 0 Å². The van der Waals surface area contributed by atoms with Gasteiger partial charge >= 0.3 is 0 Å². The fourth-order valence-electron chi connectivity index (χ4n) is 8.26. The Labute approximate surface area is 214 Å². The fraction of sp³-hybridized carbons (Fsp3) is 0.970. The number of nitriles is 1. The van der Waals surface area contributed by atoms with Crippen LogP contribution in [0.15, 0.2) is 0 Å². The molecule has 34 heavy (non-hydrogen) atoms. The maximum atomic E-state index is 10.3. The Morgan fingerprint density at radius 2 is 1.00 bits per heavy atom. The van der Waals surface area contributed by atoms with Crippen LogP contribution in [0.1, 0.15) is 168 Å². The van der Waals surface area contributed by atoms with Gasteiger partial charge < -0.3 is 0 Å². The van der Waals surface area contributed by atoms with E-state index in [1.165, 1.54) is 154 Å². The lowest BCUT2D eigenvalue weighted by atomic mass is 9.57. The van der Waals surface area contributed by atoms with Crippen molar-refractivity contribution in [3.8, 4) is 6.07 Å². The van der Waals surface area contributed by atoms with Crippen LogP contribution in [-0.4, -0.2) is 0 Å². The van der Waals surface area contributed by atoms with Gasteiger partial charge in [-0.1, -0.05) is 117 Å². The van der Waals surface area contributed by atoms with Gasteiger partial charge in [-0.2, -0.15) is 5.26 Å². The molecule has 0 aromatic heterocycles. The highest BCUT2D eigenvalue weighted by atomic mass is 14.5. The van der Waals surface area contributed by atoms with Crippen molar-refractivity contribution in [2.75, 3.05) is 0 Å². The molecule has 0 N–H and O–H groups in total. The average Bonchev–Trinajstić information content (AvgIpc) is 2.89. The van der Waals surface area contributed by atoms with Crippen LogP contribution in [0.2, 0.25) is 0 Å². The Bertz CT molecular complexity index is 550. The van der Waals surface area contributed by atoms with Crippen molar-refractivity contribution in [3.05, 3.63) is 0 Å². The topological polar surface area (TPSA) is 23.8 Å². The summed E-state index contributed by atoms with van der Waals surface area (Å²) in [5.74, 6) is 4.62. The van der Waals surface area contributed by atoms with Gasteiger partial charge in [-0.25, -0.2) is 0 Å². The summed E-state index contributed by atoms with van der Waals surface area (Å²) < 4.78 is 0. The largest absolute Gasteiger partial charge is 0.198 e. The molecule has 0 atom stereocenters. The molecule has 0 unspecified atom stereocenters. The van der Waals surface area contributed by atoms with Gasteiger partial charge in [0.05, 0.1) is 11.5 Å². The summed E-state index contributed by atoms with van der Waals surface area (Å²) in [6.07, 6.45) is 33.9. The molecule has 0 radical (unpaired) electrons. The summed E-state index contributed by atoms with van der Waals surface area (Å²) in [4.78, 5) is 0. The SMILES string of the molecule is CCCCCCCCC1CCC(C2(C#N)CCC(C3CCC(CCCCCC)CC3)CC2)CC1. The van der Waals surface area contributed by atoms with Crippen LogP contribution >= 0.6 is 0 Å². The zero-order valence-corrected chi connectivity index (χ0v) is 23.3. The normalized spacial score (nSPS) is 34.6. The third-order valence-electron chi connectivity index (χ3n) is 10.8. The van der Waals surface area contributed by atoms with Crippen molar-refractivity contribution in [1.29, 1.82) is 5.26 Å². The molecule has 0 amide bonds. The van der Waals surface area contributed by atoms with E-state index in [9.17, 15) is 5.26 Å². The van der Waals surface area contributed by atoms with Crippen LogP contribution in [0, 0.1) is 46.3 Å². The van der Waals surface area contributed by atoms with Crippen molar-refractivity contribution in [2.24, 2.45) is 35.0 Å². The predicted octanol–water partition coefficient (Wildman–Crippen LogP) is 11.0. The Balaban J connectivity index is 1.33. The molecule has 0 aromatic rings. The van der Waals surface area contributed by atoms with E-state index in [0.717, 1.165) is 23.7 Å². The van der Waals surface area contributed by atoms with Crippen LogP contribution < -0.4 is 0 Å². The lowest BCUT2D eigenvalue weighted by Crippen LogP contribution is -2.38. The minimum atomic E-state index is 0.0398. The first kappa shape index (κ1) is 28.1. The van der Waals surface area contributed by atoms with Gasteiger partial charge in [-0.15, -0.1) is 0 Å². The molecule has 3 saturated carbocycles. The third kappa shape index (κ3) is 8.56. The van der Waals surface area contributed by atoms with Crippen LogP contribution in [0.5, 0.6) is 0 Å². The smallest absolute Gasteiger partial charge is 0.0692 e. The Morgan fingerprint density at radius 3 is 1.53 bits per heavy atom. The molecule has 3 aliphatic rings. The minimum absolute atomic E-state index is 0.0398. The van der Waals surface area contributed by atoms with Gasteiger partial charge in [0.2, 0.25) is 0 Å². The number of hydrogen-bond acceptors (Lipinski definition) is 1. The Hall–Kier alpha value is -0.510. The number of rotatable bonds is 14. The lowest BCUT2D eigenvalue weighted by Gasteiger charge is -2.46. The minimum Gasteiger partial charge on any atom is -0.198 e. The highest BCUT2D eigenvalue weighted by Crippen LogP contribution is 2.53. The van der Waals surface area contributed by atoms with E-state index in [1.807, 2.05) is 0 Å². The van der Waals surface area contributed by atoms with Crippen LogP contribution in [0.25, 0.3) is 0 Å². The maximum Gasteiger partial charge on any atom is 0.0692 e. The predicted molar refractivity (Wildman–Crippen MR) is 148 cm³/mol. The molecule has 0 spiro atoms. The summed E-state index contributed by atoms with van der Waals surface area (Å²) in [6.45, 7) is 4.62. The van der Waals surface area contributed by atoms with Crippen LogP contribution in [0.4, 0.5) is 0 Å². The molecule has 3 fully saturated rings. The molecule has 0 aromatic carbocycles. The Morgan fingerprint density at radius 1 is 0.559 bits per heavy atom. The van der Waals surface area contributed by atoms with Crippen molar-refractivity contribution >= 4 is 0 Å². The van der Waals surface area contributed by atoms with Crippen molar-refractivity contribution in [3.63, 3.8) is 0 Å². The maximum absolute atomic E-state index is 10.3. The number of hydrogen-bond donors (Lipinski definition) is 0. The van der Waals surface area contributed by atoms with Gasteiger partial charge in [0.15, 0.2) is 0 Å². The summed E-state index contributed by atoms with van der Waals surface area (Å²) in [5, 5.41) is 10.3. The van der Waals surface area contributed by atoms with E-state index in [2.05, 4.69) is 19.9 Å². The summed E-state index contributed by atoms with van der Waals surface area (Å²) in [6, 6.07) is 2.94. The second-order valence-corrected chi connectivity index (χ2v) is 13.0. The van der Waals surface area contributed by atoms with E-state index in [0.29, 0.717) is 5.92 Å². The zero-order valence-electron chi connectivity index (χ0n) is 23.3. The van der Waals surface area contributed by atoms with Gasteiger partial charge in [0.1, 0.15) is 0 Å². The number of unbranched alkanes of at least 4 members (excludes halogenated alkanes) is 8. The molecule has 0 heterocycles. The second kappa shape index (κ2) is 15.6. The average molecular weight is 470 g/mol. The molecular formula is C33H59N. The first-order chi connectivity index (χ1) is 16.7. The van der Waals surface area contributed by atoms with Gasteiger partial charge in [0.25, 0.3) is 0 Å². The Kier molecular flexibility index (Phi) is 12.9. The van der Waals surface area contributed by atoms with Gasteiger partial charge in [0, 0.05) is 0 Å². The molecule has 1 nitrogen and oxygen atoms in total. The number of nitrogens with zero attached hydrogens (tertiary/aromatic N) is 1. The van der Waals surface area contributed by atoms with E-state index in [4.69, 9.17) is 0 Å². The third-order valence-corrected chi connectivity index (χ3v) is 10.8. The first-order valence-electron chi connectivity index (χ1n) is 16.1. The van der Waals surface area contributed by atoms with E-state index in [1.54, 1.807) is 0 Å². The summed E-state index contributed by atoms with van der Waals surface area (Å²) >= 11 is 0. The molecule has 196 valence electrons. The van der Waals surface area contributed by atoms with Crippen molar-refractivity contribution in [2.45, 2.75) is 168 Å². The van der Waals surface area contributed by atoms with Gasteiger partial charge in [-0.05, 0) is 81.0 Å². The quantitative estimate of drug-likeness (QED) is 0.232. The highest BCUT2D eigenvalue weighted by Gasteiger charge is 2.44. The summed E-state index contributed by atoms with van der Waals surface area (Å²) in [5.41, 5.74) is 0.0398. The van der Waals surface area contributed by atoms with E-state index in [-0.39, 0.29) is 5.41 Å². The van der Waals surface area contributed by atoms with E-state index < -0.39 is 0 Å². The molecule has 1 heteroatoms. The van der Waals surface area contributed by atoms with Crippen LogP contribution in [0.3, 0.4) is 0 Å². The molecule has 0 saturated heterocycles. The molecule has 0 aliphatic heterocycles. The highest BCUT2D eigenvalue weighted by molar-refractivity contribution is 5.06. The van der Waals surface area contributed by atoms with Crippen molar-refractivity contribution < 1.29 is 0 Å². The molecular weight excluding hydrogens is 410 g/mol. The van der Waals surface area contributed by atoms with Crippen molar-refractivity contribution in [1.82, 2.24) is 0 Å². The monoisotopic (exact) mass is 469 g/mol. The van der Waals surface area contributed by atoms with Crippen LogP contribution in [-0.2, 0) is 0 Å².